The highest BCUT2D eigenvalue weighted by atomic mass is 32.2. The van der Waals surface area contributed by atoms with Crippen LogP contribution in [0.2, 0.25) is 0 Å². The van der Waals surface area contributed by atoms with Gasteiger partial charge in [0.2, 0.25) is 11.8 Å². The highest BCUT2D eigenvalue weighted by Gasteiger charge is 2.38. The Labute approximate surface area is 205 Å². The molecule has 1 atom stereocenters. The van der Waals surface area contributed by atoms with E-state index >= 15 is 0 Å². The highest BCUT2D eigenvalue weighted by molar-refractivity contribution is 8.00. The first-order valence-corrected chi connectivity index (χ1v) is 12.8. The number of aryl methyl sites for hydroxylation is 2. The molecule has 4 rings (SSSR count). The van der Waals surface area contributed by atoms with Crippen LogP contribution in [0, 0.1) is 6.92 Å². The number of nitrogens with one attached hydrogen (secondary N) is 1. The SMILES string of the molecule is Cc1ccc(CN2C(=O)CSc3c(c4ccccc4n3C)[C@@H]2C(=O)NCCCOC(C)C)cc1. The van der Waals surface area contributed by atoms with E-state index in [0.717, 1.165) is 39.0 Å². The minimum Gasteiger partial charge on any atom is -0.379 e. The maximum absolute atomic E-state index is 13.7. The van der Waals surface area contributed by atoms with Crippen molar-refractivity contribution in [1.82, 2.24) is 14.8 Å². The summed E-state index contributed by atoms with van der Waals surface area (Å²) >= 11 is 1.51. The number of ether oxygens (including phenoxy) is 1. The van der Waals surface area contributed by atoms with Gasteiger partial charge in [0.15, 0.2) is 0 Å². The van der Waals surface area contributed by atoms with Crippen molar-refractivity contribution in [1.29, 1.82) is 0 Å². The summed E-state index contributed by atoms with van der Waals surface area (Å²) in [5.74, 6) is 0.119. The van der Waals surface area contributed by atoms with Crippen molar-refractivity contribution >= 4 is 34.5 Å². The number of nitrogens with zero attached hydrogens (tertiary/aromatic N) is 2. The number of para-hydroxylation sites is 1. The lowest BCUT2D eigenvalue weighted by Gasteiger charge is -2.30. The zero-order chi connectivity index (χ0) is 24.2. The third-order valence-electron chi connectivity index (χ3n) is 6.12. The van der Waals surface area contributed by atoms with Crippen molar-refractivity contribution in [2.24, 2.45) is 7.05 Å². The smallest absolute Gasteiger partial charge is 0.247 e. The lowest BCUT2D eigenvalue weighted by atomic mass is 10.0. The Morgan fingerprint density at radius 1 is 1.18 bits per heavy atom. The quantitative estimate of drug-likeness (QED) is 0.480. The van der Waals surface area contributed by atoms with Crippen LogP contribution in [0.25, 0.3) is 10.9 Å². The Morgan fingerprint density at radius 3 is 2.65 bits per heavy atom. The Bertz CT molecular complexity index is 1170. The maximum Gasteiger partial charge on any atom is 0.247 e. The predicted octanol–water partition coefficient (Wildman–Crippen LogP) is 4.59. The van der Waals surface area contributed by atoms with Gasteiger partial charge in [0.25, 0.3) is 0 Å². The highest BCUT2D eigenvalue weighted by Crippen LogP contribution is 2.42. The summed E-state index contributed by atoms with van der Waals surface area (Å²) in [5.41, 5.74) is 4.15. The van der Waals surface area contributed by atoms with E-state index in [1.54, 1.807) is 4.90 Å². The first kappa shape index (κ1) is 24.4. The molecule has 1 aliphatic heterocycles. The van der Waals surface area contributed by atoms with E-state index in [2.05, 4.69) is 16.0 Å². The monoisotopic (exact) mass is 479 g/mol. The van der Waals surface area contributed by atoms with Crippen LogP contribution in [-0.4, -0.2) is 46.3 Å². The van der Waals surface area contributed by atoms with Crippen LogP contribution in [0.1, 0.15) is 43.0 Å². The van der Waals surface area contributed by atoms with Gasteiger partial charge in [-0.05, 0) is 38.8 Å². The fourth-order valence-electron chi connectivity index (χ4n) is 4.39. The van der Waals surface area contributed by atoms with Crippen LogP contribution in [0.3, 0.4) is 0 Å². The van der Waals surface area contributed by atoms with Crippen LogP contribution in [0.4, 0.5) is 0 Å². The summed E-state index contributed by atoms with van der Waals surface area (Å²) in [6, 6.07) is 15.6. The molecule has 0 unspecified atom stereocenters. The average molecular weight is 480 g/mol. The third kappa shape index (κ3) is 5.15. The molecule has 2 amide bonds. The molecule has 0 radical (unpaired) electrons. The van der Waals surface area contributed by atoms with Crippen molar-refractivity contribution < 1.29 is 14.3 Å². The van der Waals surface area contributed by atoms with Gasteiger partial charge in [-0.25, -0.2) is 0 Å². The number of rotatable bonds is 8. The Balaban J connectivity index is 1.70. The number of hydrogen-bond acceptors (Lipinski definition) is 4. The minimum absolute atomic E-state index is 0.0332. The van der Waals surface area contributed by atoms with Gasteiger partial charge in [0.05, 0.1) is 16.9 Å². The lowest BCUT2D eigenvalue weighted by molar-refractivity contribution is -0.139. The van der Waals surface area contributed by atoms with E-state index in [-0.39, 0.29) is 17.9 Å². The minimum atomic E-state index is -0.698. The van der Waals surface area contributed by atoms with E-state index in [1.807, 2.05) is 70.3 Å². The number of amides is 2. The summed E-state index contributed by atoms with van der Waals surface area (Å²) < 4.78 is 7.72. The molecule has 180 valence electrons. The van der Waals surface area contributed by atoms with Gasteiger partial charge in [-0.15, -0.1) is 0 Å². The number of fused-ring (bicyclic) bond motifs is 3. The molecular weight excluding hydrogens is 446 g/mol. The van der Waals surface area contributed by atoms with Crippen LogP contribution >= 0.6 is 11.8 Å². The van der Waals surface area contributed by atoms with E-state index in [1.165, 1.54) is 11.8 Å². The molecule has 2 aromatic carbocycles. The molecule has 6 nitrogen and oxygen atoms in total. The fraction of sp³-hybridized carbons (Fsp3) is 0.407. The van der Waals surface area contributed by atoms with Gasteiger partial charge >= 0.3 is 0 Å². The predicted molar refractivity (Wildman–Crippen MR) is 137 cm³/mol. The molecule has 0 fully saturated rings. The van der Waals surface area contributed by atoms with Gasteiger partial charge in [0.1, 0.15) is 6.04 Å². The maximum atomic E-state index is 13.7. The number of aromatic nitrogens is 1. The average Bonchev–Trinajstić information content (AvgIpc) is 3.00. The molecule has 1 aliphatic rings. The largest absolute Gasteiger partial charge is 0.379 e. The van der Waals surface area contributed by atoms with Crippen molar-refractivity contribution in [3.8, 4) is 0 Å². The molecule has 0 saturated heterocycles. The zero-order valence-electron chi connectivity index (χ0n) is 20.3. The second kappa shape index (κ2) is 10.7. The van der Waals surface area contributed by atoms with Crippen molar-refractivity contribution in [2.45, 2.75) is 50.9 Å². The van der Waals surface area contributed by atoms with Gasteiger partial charge in [-0.3, -0.25) is 9.59 Å². The molecule has 1 aromatic heterocycles. The van der Waals surface area contributed by atoms with E-state index < -0.39 is 6.04 Å². The summed E-state index contributed by atoms with van der Waals surface area (Å²) in [5, 5.41) is 5.07. The molecule has 3 aromatic rings. The number of thioether (sulfide) groups is 1. The third-order valence-corrected chi connectivity index (χ3v) is 7.28. The van der Waals surface area contributed by atoms with Crippen molar-refractivity contribution in [2.75, 3.05) is 18.9 Å². The normalized spacial score (nSPS) is 16.1. The number of benzene rings is 2. The molecule has 0 bridgehead atoms. The first-order chi connectivity index (χ1) is 16.4. The van der Waals surface area contributed by atoms with Gasteiger partial charge < -0.3 is 19.5 Å². The van der Waals surface area contributed by atoms with Crippen molar-refractivity contribution in [3.05, 3.63) is 65.2 Å². The molecule has 0 spiro atoms. The molecule has 0 saturated carbocycles. The molecule has 2 heterocycles. The zero-order valence-corrected chi connectivity index (χ0v) is 21.2. The molecule has 1 N–H and O–H groups in total. The summed E-state index contributed by atoms with van der Waals surface area (Å²) in [6.07, 6.45) is 0.884. The molecule has 7 heteroatoms. The van der Waals surface area contributed by atoms with Crippen LogP contribution in [0.5, 0.6) is 0 Å². The first-order valence-electron chi connectivity index (χ1n) is 11.8. The van der Waals surface area contributed by atoms with Gasteiger partial charge in [0, 0.05) is 43.2 Å². The van der Waals surface area contributed by atoms with E-state index in [0.29, 0.717) is 25.4 Å². The number of hydrogen-bond donors (Lipinski definition) is 1. The Morgan fingerprint density at radius 2 is 1.91 bits per heavy atom. The van der Waals surface area contributed by atoms with Crippen LogP contribution in [-0.2, 0) is 27.9 Å². The molecule has 34 heavy (non-hydrogen) atoms. The summed E-state index contributed by atoms with van der Waals surface area (Å²) in [4.78, 5) is 28.8. The molecular formula is C27H33N3O3S. The van der Waals surface area contributed by atoms with E-state index in [9.17, 15) is 9.59 Å². The van der Waals surface area contributed by atoms with E-state index in [4.69, 9.17) is 4.74 Å². The topological polar surface area (TPSA) is 63.6 Å². The Kier molecular flexibility index (Phi) is 7.63. The Hall–Kier alpha value is -2.77. The van der Waals surface area contributed by atoms with Gasteiger partial charge in [-0.1, -0.05) is 59.8 Å². The van der Waals surface area contributed by atoms with Crippen LogP contribution in [0.15, 0.2) is 53.6 Å². The van der Waals surface area contributed by atoms with Crippen molar-refractivity contribution in [3.63, 3.8) is 0 Å². The van der Waals surface area contributed by atoms with Crippen LogP contribution < -0.4 is 5.32 Å². The second-order valence-electron chi connectivity index (χ2n) is 9.06. The number of carbonyl (C=O) groups excluding carboxylic acids is 2. The lowest BCUT2D eigenvalue weighted by Crippen LogP contribution is -2.43. The van der Waals surface area contributed by atoms with Gasteiger partial charge in [-0.2, -0.15) is 0 Å². The second-order valence-corrected chi connectivity index (χ2v) is 10.0. The fourth-order valence-corrected chi connectivity index (χ4v) is 5.49. The standard InChI is InChI=1S/C27H33N3O3S/c1-18(2)33-15-7-14-28-26(32)25-24-21-8-5-6-9-22(21)29(4)27(24)34-17-23(31)30(25)16-20-12-10-19(3)11-13-20/h5-6,8-13,18,25H,7,14-17H2,1-4H3,(H,28,32)/t25-/m1/s1. The summed E-state index contributed by atoms with van der Waals surface area (Å²) in [7, 11) is 2.01. The molecule has 0 aliphatic carbocycles. The number of carbonyl (C=O) groups is 2. The summed E-state index contributed by atoms with van der Waals surface area (Å²) in [6.45, 7) is 7.51.